The monoisotopic (exact) mass is 299 g/mol. The van der Waals surface area contributed by atoms with Gasteiger partial charge in [0, 0.05) is 18.5 Å². The summed E-state index contributed by atoms with van der Waals surface area (Å²) in [7, 11) is 0. The van der Waals surface area contributed by atoms with Crippen LogP contribution in [0.1, 0.15) is 39.3 Å². The number of rotatable bonds is 1. The summed E-state index contributed by atoms with van der Waals surface area (Å²) < 4.78 is 0.549. The van der Waals surface area contributed by atoms with Crippen LogP contribution in [0.4, 0.5) is 5.95 Å². The Kier molecular flexibility index (Phi) is 3.30. The molecular formula is C12H18BrN3O. The van der Waals surface area contributed by atoms with Gasteiger partial charge < -0.3 is 4.90 Å². The SMILES string of the molecule is CC(C)(C)c1nc(N2CCCC2)[nH]c(=O)c1Br. The maximum atomic E-state index is 11.9. The topological polar surface area (TPSA) is 49.0 Å². The second kappa shape index (κ2) is 4.44. The van der Waals surface area contributed by atoms with Crippen molar-refractivity contribution in [2.24, 2.45) is 0 Å². The lowest BCUT2D eigenvalue weighted by molar-refractivity contribution is 0.560. The van der Waals surface area contributed by atoms with Crippen molar-refractivity contribution in [1.29, 1.82) is 0 Å². The van der Waals surface area contributed by atoms with E-state index < -0.39 is 0 Å². The van der Waals surface area contributed by atoms with Crippen LogP contribution in [0, 0.1) is 0 Å². The first-order chi connectivity index (χ1) is 7.89. The highest BCUT2D eigenvalue weighted by Gasteiger charge is 2.24. The van der Waals surface area contributed by atoms with Crippen LogP contribution in [0.15, 0.2) is 9.27 Å². The van der Waals surface area contributed by atoms with Gasteiger partial charge >= 0.3 is 0 Å². The molecule has 1 aliphatic rings. The highest BCUT2D eigenvalue weighted by Crippen LogP contribution is 2.27. The first kappa shape index (κ1) is 12.6. The van der Waals surface area contributed by atoms with Crippen molar-refractivity contribution in [2.45, 2.75) is 39.0 Å². The van der Waals surface area contributed by atoms with E-state index in [1.54, 1.807) is 0 Å². The third-order valence-electron chi connectivity index (χ3n) is 2.97. The number of aromatic nitrogens is 2. The van der Waals surface area contributed by atoms with Gasteiger partial charge in [-0.05, 0) is 28.8 Å². The van der Waals surface area contributed by atoms with E-state index in [4.69, 9.17) is 0 Å². The first-order valence-corrected chi connectivity index (χ1v) is 6.74. The van der Waals surface area contributed by atoms with Crippen molar-refractivity contribution in [2.75, 3.05) is 18.0 Å². The van der Waals surface area contributed by atoms with E-state index in [2.05, 4.69) is 51.6 Å². The summed E-state index contributed by atoms with van der Waals surface area (Å²) in [6.07, 6.45) is 2.34. The third kappa shape index (κ3) is 2.54. The molecule has 0 amide bonds. The summed E-state index contributed by atoms with van der Waals surface area (Å²) in [6.45, 7) is 8.15. The molecule has 1 saturated heterocycles. The normalized spacial score (nSPS) is 16.6. The molecule has 5 heteroatoms. The van der Waals surface area contributed by atoms with E-state index >= 15 is 0 Å². The largest absolute Gasteiger partial charge is 0.342 e. The number of nitrogens with one attached hydrogen (secondary N) is 1. The summed E-state index contributed by atoms with van der Waals surface area (Å²) >= 11 is 3.33. The van der Waals surface area contributed by atoms with Gasteiger partial charge in [0.15, 0.2) is 0 Å². The molecule has 2 heterocycles. The molecular weight excluding hydrogens is 282 g/mol. The van der Waals surface area contributed by atoms with Crippen LogP contribution in [0.2, 0.25) is 0 Å². The minimum atomic E-state index is -0.137. The zero-order valence-corrected chi connectivity index (χ0v) is 12.1. The van der Waals surface area contributed by atoms with E-state index in [0.717, 1.165) is 18.8 Å². The molecule has 0 unspecified atom stereocenters. The fraction of sp³-hybridized carbons (Fsp3) is 0.667. The molecule has 0 saturated carbocycles. The molecule has 0 bridgehead atoms. The standard InChI is InChI=1S/C12H18BrN3O/c1-12(2,3)9-8(13)10(17)15-11(14-9)16-6-4-5-7-16/h4-7H2,1-3H3,(H,14,15,17). The van der Waals surface area contributed by atoms with Gasteiger partial charge in [0.2, 0.25) is 5.95 Å². The van der Waals surface area contributed by atoms with E-state index in [1.807, 2.05) is 0 Å². The quantitative estimate of drug-likeness (QED) is 0.866. The minimum Gasteiger partial charge on any atom is -0.342 e. The Labute approximate surface area is 110 Å². The van der Waals surface area contributed by atoms with Crippen LogP contribution in [0.5, 0.6) is 0 Å². The fourth-order valence-electron chi connectivity index (χ4n) is 2.02. The Morgan fingerprint density at radius 2 is 1.88 bits per heavy atom. The van der Waals surface area contributed by atoms with Gasteiger partial charge in [-0.3, -0.25) is 9.78 Å². The van der Waals surface area contributed by atoms with Crippen LogP contribution in [0.3, 0.4) is 0 Å². The van der Waals surface area contributed by atoms with Crippen molar-refractivity contribution in [3.05, 3.63) is 20.5 Å². The Morgan fingerprint density at radius 3 is 2.41 bits per heavy atom. The lowest BCUT2D eigenvalue weighted by Gasteiger charge is -2.22. The number of hydrogen-bond acceptors (Lipinski definition) is 3. The molecule has 0 aromatic carbocycles. The highest BCUT2D eigenvalue weighted by molar-refractivity contribution is 9.10. The molecule has 1 fully saturated rings. The molecule has 0 spiro atoms. The van der Waals surface area contributed by atoms with Gasteiger partial charge in [-0.25, -0.2) is 4.98 Å². The van der Waals surface area contributed by atoms with Crippen molar-refractivity contribution in [3.63, 3.8) is 0 Å². The molecule has 0 aliphatic carbocycles. The van der Waals surface area contributed by atoms with Crippen LogP contribution >= 0.6 is 15.9 Å². The lowest BCUT2D eigenvalue weighted by Crippen LogP contribution is -2.28. The number of halogens is 1. The molecule has 1 N–H and O–H groups in total. The molecule has 1 aliphatic heterocycles. The van der Waals surface area contributed by atoms with Gasteiger partial charge in [0.25, 0.3) is 5.56 Å². The molecule has 4 nitrogen and oxygen atoms in total. The summed E-state index contributed by atoms with van der Waals surface area (Å²) in [4.78, 5) is 21.5. The Balaban J connectivity index is 2.49. The maximum absolute atomic E-state index is 11.9. The van der Waals surface area contributed by atoms with E-state index in [-0.39, 0.29) is 11.0 Å². The maximum Gasteiger partial charge on any atom is 0.266 e. The van der Waals surface area contributed by atoms with Gasteiger partial charge in [-0.1, -0.05) is 20.8 Å². The Morgan fingerprint density at radius 1 is 1.29 bits per heavy atom. The number of H-pyrrole nitrogens is 1. The van der Waals surface area contributed by atoms with E-state index in [9.17, 15) is 4.79 Å². The average Bonchev–Trinajstić information content (AvgIpc) is 2.73. The van der Waals surface area contributed by atoms with Gasteiger partial charge in [0.05, 0.1) is 5.69 Å². The predicted molar refractivity (Wildman–Crippen MR) is 72.7 cm³/mol. The summed E-state index contributed by atoms with van der Waals surface area (Å²) in [5.74, 6) is 0.709. The zero-order chi connectivity index (χ0) is 12.6. The third-order valence-corrected chi connectivity index (χ3v) is 3.70. The van der Waals surface area contributed by atoms with Crippen molar-refractivity contribution < 1.29 is 0 Å². The lowest BCUT2D eigenvalue weighted by atomic mass is 9.92. The molecule has 0 radical (unpaired) electrons. The first-order valence-electron chi connectivity index (χ1n) is 5.95. The Hall–Kier alpha value is -0.840. The average molecular weight is 300 g/mol. The minimum absolute atomic E-state index is 0.0909. The van der Waals surface area contributed by atoms with Crippen LogP contribution < -0.4 is 10.5 Å². The molecule has 17 heavy (non-hydrogen) atoms. The molecule has 2 rings (SSSR count). The number of nitrogens with zero attached hydrogens (tertiary/aromatic N) is 2. The van der Waals surface area contributed by atoms with Crippen molar-refractivity contribution in [3.8, 4) is 0 Å². The van der Waals surface area contributed by atoms with Crippen LogP contribution in [-0.4, -0.2) is 23.1 Å². The fourth-order valence-corrected chi connectivity index (χ4v) is 2.81. The number of hydrogen-bond donors (Lipinski definition) is 1. The summed E-state index contributed by atoms with van der Waals surface area (Å²) in [6, 6.07) is 0. The second-order valence-corrected chi connectivity index (χ2v) is 6.29. The summed E-state index contributed by atoms with van der Waals surface area (Å²) in [5, 5.41) is 0. The molecule has 94 valence electrons. The van der Waals surface area contributed by atoms with Gasteiger partial charge in [-0.2, -0.15) is 0 Å². The van der Waals surface area contributed by atoms with Crippen LogP contribution in [-0.2, 0) is 5.41 Å². The van der Waals surface area contributed by atoms with Gasteiger partial charge in [0.1, 0.15) is 4.47 Å². The van der Waals surface area contributed by atoms with E-state index in [0.29, 0.717) is 10.4 Å². The molecule has 1 aromatic rings. The number of aromatic amines is 1. The molecule has 1 aromatic heterocycles. The highest BCUT2D eigenvalue weighted by atomic mass is 79.9. The van der Waals surface area contributed by atoms with E-state index in [1.165, 1.54) is 12.8 Å². The second-order valence-electron chi connectivity index (χ2n) is 5.50. The Bertz CT molecular complexity index is 470. The predicted octanol–water partition coefficient (Wildman–Crippen LogP) is 2.43. The zero-order valence-electron chi connectivity index (χ0n) is 10.5. The summed E-state index contributed by atoms with van der Waals surface area (Å²) in [5.41, 5.74) is 0.594. The van der Waals surface area contributed by atoms with Crippen LogP contribution in [0.25, 0.3) is 0 Å². The smallest absolute Gasteiger partial charge is 0.266 e. The van der Waals surface area contributed by atoms with Crippen molar-refractivity contribution >= 4 is 21.9 Å². The van der Waals surface area contributed by atoms with Crippen molar-refractivity contribution in [1.82, 2.24) is 9.97 Å². The van der Waals surface area contributed by atoms with Gasteiger partial charge in [-0.15, -0.1) is 0 Å². The molecule has 0 atom stereocenters. The number of anilines is 1.